The van der Waals surface area contributed by atoms with Gasteiger partial charge in [-0.1, -0.05) is 11.8 Å². The highest BCUT2D eigenvalue weighted by molar-refractivity contribution is 7.98. The third-order valence-corrected chi connectivity index (χ3v) is 2.09. The van der Waals surface area contributed by atoms with E-state index in [-0.39, 0.29) is 12.5 Å². The van der Waals surface area contributed by atoms with Crippen LogP contribution in [-0.4, -0.2) is 28.7 Å². The van der Waals surface area contributed by atoms with Gasteiger partial charge in [0, 0.05) is 0 Å². The first-order valence-corrected chi connectivity index (χ1v) is 4.86. The maximum Gasteiger partial charge on any atom is 0.263 e. The zero-order valence-electron chi connectivity index (χ0n) is 6.90. The lowest BCUT2D eigenvalue weighted by Gasteiger charge is -2.16. The van der Waals surface area contributed by atoms with Crippen LogP contribution in [0.15, 0.2) is 11.4 Å². The molecule has 0 fully saturated rings. The van der Waals surface area contributed by atoms with Crippen LogP contribution in [0, 0.1) is 0 Å². The Labute approximate surface area is 78.9 Å². The Bertz CT molecular complexity index is 356. The molecule has 0 bridgehead atoms. The van der Waals surface area contributed by atoms with Crippen LogP contribution in [0.4, 0.5) is 5.82 Å². The van der Waals surface area contributed by atoms with Crippen molar-refractivity contribution in [2.24, 2.45) is 0 Å². The summed E-state index contributed by atoms with van der Waals surface area (Å²) in [6.45, 7) is 0.0367. The van der Waals surface area contributed by atoms with Crippen molar-refractivity contribution in [3.05, 3.63) is 6.20 Å². The molecule has 0 spiro atoms. The smallest absolute Gasteiger partial charge is 0.263 e. The monoisotopic (exact) mass is 197 g/mol. The van der Waals surface area contributed by atoms with Gasteiger partial charge in [0.15, 0.2) is 23.3 Å². The molecule has 0 atom stereocenters. The minimum atomic E-state index is -0.182. The number of hydrogen-bond acceptors (Lipinski definition) is 5. The van der Waals surface area contributed by atoms with Crippen LogP contribution in [-0.2, 0) is 4.79 Å². The highest BCUT2D eigenvalue weighted by atomic mass is 32.2. The lowest BCUT2D eigenvalue weighted by molar-refractivity contribution is -0.118. The van der Waals surface area contributed by atoms with Crippen LogP contribution in [0.1, 0.15) is 0 Å². The maximum atomic E-state index is 10.9. The van der Waals surface area contributed by atoms with E-state index >= 15 is 0 Å². The third-order valence-electron chi connectivity index (χ3n) is 1.53. The zero-order valence-corrected chi connectivity index (χ0v) is 7.72. The molecule has 0 saturated carbocycles. The van der Waals surface area contributed by atoms with Crippen molar-refractivity contribution in [1.82, 2.24) is 9.97 Å². The van der Waals surface area contributed by atoms with Gasteiger partial charge in [-0.15, -0.1) is 0 Å². The Hall–Kier alpha value is -1.30. The first-order chi connectivity index (χ1) is 6.29. The van der Waals surface area contributed by atoms with Crippen molar-refractivity contribution in [1.29, 1.82) is 0 Å². The number of ether oxygens (including phenoxy) is 1. The fraction of sp³-hybridized carbons (Fsp3) is 0.286. The number of anilines is 1. The van der Waals surface area contributed by atoms with Crippen LogP contribution in [0.5, 0.6) is 5.75 Å². The standard InChI is InChI=1S/C7H7N3O2S/c1-13-7-8-2-4-6(10-7)9-5(11)3-12-4/h2H,3H2,1H3,(H,8,9,10,11). The molecule has 13 heavy (non-hydrogen) atoms. The lowest BCUT2D eigenvalue weighted by Crippen LogP contribution is -2.26. The molecule has 5 nitrogen and oxygen atoms in total. The summed E-state index contributed by atoms with van der Waals surface area (Å²) in [4.78, 5) is 19.0. The number of nitrogens with zero attached hydrogens (tertiary/aromatic N) is 2. The predicted octanol–water partition coefficient (Wildman–Crippen LogP) is 0.529. The molecule has 1 aliphatic heterocycles. The predicted molar refractivity (Wildman–Crippen MR) is 47.9 cm³/mol. The second-order valence-electron chi connectivity index (χ2n) is 2.41. The van der Waals surface area contributed by atoms with E-state index in [1.54, 1.807) is 6.20 Å². The van der Waals surface area contributed by atoms with E-state index in [2.05, 4.69) is 15.3 Å². The van der Waals surface area contributed by atoms with Gasteiger partial charge in [0.2, 0.25) is 0 Å². The molecule has 1 aromatic rings. The van der Waals surface area contributed by atoms with Crippen molar-refractivity contribution in [3.8, 4) is 5.75 Å². The van der Waals surface area contributed by atoms with Gasteiger partial charge in [0.1, 0.15) is 0 Å². The molecule has 1 N–H and O–H groups in total. The Morgan fingerprint density at radius 2 is 2.54 bits per heavy atom. The number of fused-ring (bicyclic) bond motifs is 1. The molecule has 0 aliphatic carbocycles. The normalized spacial score (nSPS) is 14.4. The molecule has 2 heterocycles. The summed E-state index contributed by atoms with van der Waals surface area (Å²) in [5, 5.41) is 3.22. The highest BCUT2D eigenvalue weighted by Gasteiger charge is 2.17. The fourth-order valence-electron chi connectivity index (χ4n) is 0.960. The van der Waals surface area contributed by atoms with Crippen molar-refractivity contribution < 1.29 is 9.53 Å². The van der Waals surface area contributed by atoms with Gasteiger partial charge >= 0.3 is 0 Å². The van der Waals surface area contributed by atoms with Gasteiger partial charge in [0.05, 0.1) is 6.20 Å². The summed E-state index contributed by atoms with van der Waals surface area (Å²) < 4.78 is 5.09. The number of nitrogens with one attached hydrogen (secondary N) is 1. The Morgan fingerprint density at radius 1 is 1.69 bits per heavy atom. The summed E-state index contributed by atoms with van der Waals surface area (Å²) in [5.74, 6) is 0.797. The average Bonchev–Trinajstić information content (AvgIpc) is 2.16. The molecule has 0 radical (unpaired) electrons. The van der Waals surface area contributed by atoms with E-state index < -0.39 is 0 Å². The first kappa shape index (κ1) is 8.31. The number of thioether (sulfide) groups is 1. The van der Waals surface area contributed by atoms with Gasteiger partial charge in [0.25, 0.3) is 5.91 Å². The zero-order chi connectivity index (χ0) is 9.26. The highest BCUT2D eigenvalue weighted by Crippen LogP contribution is 2.25. The number of carbonyl (C=O) groups excluding carboxylic acids is 1. The molecule has 0 saturated heterocycles. The maximum absolute atomic E-state index is 10.9. The van der Waals surface area contributed by atoms with Crippen LogP contribution in [0.2, 0.25) is 0 Å². The lowest BCUT2D eigenvalue weighted by atomic mass is 10.4. The van der Waals surface area contributed by atoms with Crippen molar-refractivity contribution >= 4 is 23.5 Å². The van der Waals surface area contributed by atoms with Crippen LogP contribution < -0.4 is 10.1 Å². The second-order valence-corrected chi connectivity index (χ2v) is 3.18. The van der Waals surface area contributed by atoms with Gasteiger partial charge in [-0.3, -0.25) is 4.79 Å². The molecule has 68 valence electrons. The first-order valence-electron chi connectivity index (χ1n) is 3.63. The number of aromatic nitrogens is 2. The SMILES string of the molecule is CSc1ncc2c(n1)NC(=O)CO2. The van der Waals surface area contributed by atoms with E-state index in [0.29, 0.717) is 16.7 Å². The molecule has 1 aliphatic rings. The summed E-state index contributed by atoms with van der Waals surface area (Å²) >= 11 is 1.41. The van der Waals surface area contributed by atoms with Crippen molar-refractivity contribution in [3.63, 3.8) is 0 Å². The number of carbonyl (C=O) groups is 1. The molecule has 1 aromatic heterocycles. The van der Waals surface area contributed by atoms with E-state index in [1.165, 1.54) is 11.8 Å². The average molecular weight is 197 g/mol. The Balaban J connectivity index is 2.38. The quantitative estimate of drug-likeness (QED) is 0.525. The second kappa shape index (κ2) is 3.21. The van der Waals surface area contributed by atoms with Crippen molar-refractivity contribution in [2.75, 3.05) is 18.2 Å². The van der Waals surface area contributed by atoms with Crippen LogP contribution >= 0.6 is 11.8 Å². The van der Waals surface area contributed by atoms with Crippen LogP contribution in [0.3, 0.4) is 0 Å². The molecule has 2 rings (SSSR count). The molecule has 6 heteroatoms. The molecular formula is C7H7N3O2S. The van der Waals surface area contributed by atoms with Gasteiger partial charge < -0.3 is 10.1 Å². The van der Waals surface area contributed by atoms with Gasteiger partial charge in [-0.25, -0.2) is 9.97 Å². The molecule has 1 amide bonds. The van der Waals surface area contributed by atoms with Gasteiger partial charge in [-0.2, -0.15) is 0 Å². The largest absolute Gasteiger partial charge is 0.478 e. The summed E-state index contributed by atoms with van der Waals surface area (Å²) in [6, 6.07) is 0. The van der Waals surface area contributed by atoms with Crippen LogP contribution in [0.25, 0.3) is 0 Å². The minimum Gasteiger partial charge on any atom is -0.478 e. The minimum absolute atomic E-state index is 0.0367. The van der Waals surface area contributed by atoms with Gasteiger partial charge in [-0.05, 0) is 6.26 Å². The van der Waals surface area contributed by atoms with Crippen molar-refractivity contribution in [2.45, 2.75) is 5.16 Å². The summed E-state index contributed by atoms with van der Waals surface area (Å²) in [6.07, 6.45) is 3.43. The van der Waals surface area contributed by atoms with E-state index in [1.807, 2.05) is 6.26 Å². The number of rotatable bonds is 1. The Morgan fingerprint density at radius 3 is 3.31 bits per heavy atom. The van der Waals surface area contributed by atoms with E-state index in [0.717, 1.165) is 0 Å². The Kier molecular flexibility index (Phi) is 2.05. The third kappa shape index (κ3) is 1.57. The topological polar surface area (TPSA) is 64.1 Å². The fourth-order valence-corrected chi connectivity index (χ4v) is 1.30. The van der Waals surface area contributed by atoms with E-state index in [4.69, 9.17) is 4.74 Å². The van der Waals surface area contributed by atoms with E-state index in [9.17, 15) is 4.79 Å². The number of amides is 1. The summed E-state index contributed by atoms with van der Waals surface area (Å²) in [7, 11) is 0. The molecule has 0 unspecified atom stereocenters. The number of hydrogen-bond donors (Lipinski definition) is 1. The summed E-state index contributed by atoms with van der Waals surface area (Å²) in [5.41, 5.74) is 0. The molecular weight excluding hydrogens is 190 g/mol. The molecule has 0 aromatic carbocycles.